The SMILES string of the molecule is C#CC#CC#CC#CC#C.CB1OB(C)OB(C)O1.Cc1cc(CCO)cs1.OCCc1csc(Br)c1.S=S=S=S=S=S=S=S=S=S=S=S=S=S. The third-order valence-electron chi connectivity index (χ3n) is 4.12. The summed E-state index contributed by atoms with van der Waals surface area (Å²) in [6.45, 7) is 8.14. The molecule has 2 aromatic rings. The standard InChI is InChI=1S/C10H2.C7H10OS.C6H7BrOS.C3H9B3O3.S14/c1-3-5-7-9-10-8-6-4-2;1-6-4-7(2-3-8)5-9-6;7-6-3-5(1-2-8)4-9-6;1-4-7-5(2)9-6(3)8-4;1-3-5-7-9-11-13-14-12-10-8-6-4-2/h1-2H;4-5,8H,2-3H2,1H3;3-4,8H,1-2H2;1-3H3;. The Balaban J connectivity index is 0. The molecule has 1 saturated heterocycles. The van der Waals surface area contributed by atoms with E-state index in [2.05, 4.69) is 81.7 Å². The summed E-state index contributed by atoms with van der Waals surface area (Å²) in [7, 11) is 19.5. The monoisotopic (exact) mass is 1040 g/mol. The molecule has 3 rings (SSSR count). The van der Waals surface area contributed by atoms with Gasteiger partial charge in [0.25, 0.3) is 0 Å². The zero-order chi connectivity index (χ0) is 38.4. The lowest BCUT2D eigenvalue weighted by Gasteiger charge is -2.25. The largest absolute Gasteiger partial charge is 0.453 e. The van der Waals surface area contributed by atoms with Crippen LogP contribution in [0, 0.1) is 67.1 Å². The first-order valence-corrected chi connectivity index (χ1v) is 33.2. The molecule has 0 aliphatic carbocycles. The minimum Gasteiger partial charge on any atom is -0.453 e. The van der Waals surface area contributed by atoms with Gasteiger partial charge in [0.1, 0.15) is 0 Å². The molecule has 0 spiro atoms. The predicted octanol–water partition coefficient (Wildman–Crippen LogP) is 4.27. The number of aliphatic hydroxyl groups excluding tert-OH is 2. The molecule has 5 nitrogen and oxygen atoms in total. The summed E-state index contributed by atoms with van der Waals surface area (Å²) >= 11 is 16.1. The maximum absolute atomic E-state index is 8.53. The first-order valence-electron chi connectivity index (χ1n) is 13.3. The van der Waals surface area contributed by atoms with E-state index >= 15 is 0 Å². The predicted molar refractivity (Wildman–Crippen MR) is 265 cm³/mol. The molecular formula is C26H28B3BrO5S16. The number of thiophene rings is 2. The summed E-state index contributed by atoms with van der Waals surface area (Å²) in [4.78, 5) is 1.32. The Hall–Kier alpha value is 0.755. The third-order valence-corrected chi connectivity index (χ3v) is 31.0. The molecule has 51 heavy (non-hydrogen) atoms. The van der Waals surface area contributed by atoms with Crippen molar-refractivity contribution >= 4 is 189 Å². The van der Waals surface area contributed by atoms with Crippen LogP contribution in [0.1, 0.15) is 16.0 Å². The van der Waals surface area contributed by atoms with Gasteiger partial charge < -0.3 is 23.9 Å². The molecule has 0 bridgehead atoms. The first kappa shape index (κ1) is 53.9. The average Bonchev–Trinajstić information content (AvgIpc) is 3.71. The van der Waals surface area contributed by atoms with Crippen LogP contribution in [-0.2, 0) is 155 Å². The molecule has 1 fully saturated rings. The molecule has 2 N–H and O–H groups in total. The van der Waals surface area contributed by atoms with Gasteiger partial charge in [-0.25, -0.2) is 0 Å². The molecule has 0 amide bonds. The van der Waals surface area contributed by atoms with Gasteiger partial charge in [-0.2, -0.15) is 0 Å². The molecule has 25 heteroatoms. The number of aliphatic hydroxyl groups is 2. The Morgan fingerprint density at radius 2 is 1.00 bits per heavy atom. The second kappa shape index (κ2) is 41.9. The normalized spacial score (nSPS) is 9.86. The number of rotatable bonds is 4. The van der Waals surface area contributed by atoms with Crippen molar-refractivity contribution in [1.29, 1.82) is 0 Å². The Morgan fingerprint density at radius 1 is 0.647 bits per heavy atom. The van der Waals surface area contributed by atoms with Gasteiger partial charge in [0, 0.05) is 147 Å². The van der Waals surface area contributed by atoms with E-state index in [0.717, 1.165) is 16.6 Å². The van der Waals surface area contributed by atoms with Crippen LogP contribution in [0.15, 0.2) is 26.7 Å². The van der Waals surface area contributed by atoms with E-state index in [4.69, 9.17) is 59.2 Å². The highest BCUT2D eigenvalue weighted by atomic mass is 79.9. The molecule has 274 valence electrons. The van der Waals surface area contributed by atoms with Gasteiger partial charge >= 0.3 is 21.4 Å². The fourth-order valence-corrected chi connectivity index (χ4v) is 32.0. The van der Waals surface area contributed by atoms with Crippen LogP contribution >= 0.6 is 38.6 Å². The van der Waals surface area contributed by atoms with Crippen molar-refractivity contribution in [3.05, 3.63) is 42.7 Å². The van der Waals surface area contributed by atoms with Gasteiger partial charge in [0.05, 0.1) is 3.79 Å². The Bertz CT molecular complexity index is 1980. The smallest absolute Gasteiger partial charge is 0.426 e. The fourth-order valence-electron chi connectivity index (χ4n) is 2.58. The van der Waals surface area contributed by atoms with Gasteiger partial charge in [0.2, 0.25) is 0 Å². The summed E-state index contributed by atoms with van der Waals surface area (Å²) in [5, 5.41) is 21.2. The lowest BCUT2D eigenvalue weighted by Crippen LogP contribution is -2.44. The van der Waals surface area contributed by atoms with Gasteiger partial charge in [-0.15, -0.1) is 35.5 Å². The van der Waals surface area contributed by atoms with Crippen LogP contribution < -0.4 is 0 Å². The lowest BCUT2D eigenvalue weighted by atomic mass is 9.74. The number of terminal acetylenes is 2. The summed E-state index contributed by atoms with van der Waals surface area (Å²) in [5.74, 6) is 18.4. The van der Waals surface area contributed by atoms with E-state index in [0.29, 0.717) is 0 Å². The molecule has 2 aromatic heterocycles. The van der Waals surface area contributed by atoms with E-state index in [1.54, 1.807) is 111 Å². The highest BCUT2D eigenvalue weighted by Crippen LogP contribution is 2.20. The van der Waals surface area contributed by atoms with E-state index in [-0.39, 0.29) is 34.6 Å². The van der Waals surface area contributed by atoms with Crippen LogP contribution in [0.3, 0.4) is 0 Å². The zero-order valence-corrected chi connectivity index (χ0v) is 41.7. The van der Waals surface area contributed by atoms with Crippen LogP contribution in [-0.4, -0.2) is 44.8 Å². The van der Waals surface area contributed by atoms with Crippen LogP contribution in [0.2, 0.25) is 20.5 Å². The van der Waals surface area contributed by atoms with Crippen molar-refractivity contribution in [2.45, 2.75) is 40.2 Å². The topological polar surface area (TPSA) is 68.2 Å². The maximum Gasteiger partial charge on any atom is 0.426 e. The first-order chi connectivity index (χ1) is 24.7. The highest BCUT2D eigenvalue weighted by molar-refractivity contribution is 9.11. The molecule has 3 heterocycles. The van der Waals surface area contributed by atoms with Crippen molar-refractivity contribution in [3.63, 3.8) is 0 Å². The second-order valence-electron chi connectivity index (χ2n) is 7.74. The fraction of sp³-hybridized carbons (Fsp3) is 0.308. The van der Waals surface area contributed by atoms with E-state index in [1.807, 2.05) is 31.9 Å². The lowest BCUT2D eigenvalue weighted by molar-refractivity contribution is 0.294. The molecule has 0 unspecified atom stereocenters. The molecule has 0 radical (unpaired) electrons. The highest BCUT2D eigenvalue weighted by Gasteiger charge is 2.31. The van der Waals surface area contributed by atoms with Crippen molar-refractivity contribution in [2.75, 3.05) is 13.2 Å². The molecule has 1 aliphatic rings. The van der Waals surface area contributed by atoms with Gasteiger partial charge in [-0.1, -0.05) is 0 Å². The van der Waals surface area contributed by atoms with Gasteiger partial charge in [-0.05, 0) is 138 Å². The minimum absolute atomic E-state index is 0.135. The number of aryl methyl sites for hydroxylation is 1. The summed E-state index contributed by atoms with van der Waals surface area (Å²) in [6.07, 6.45) is 11.2. The van der Waals surface area contributed by atoms with Crippen molar-refractivity contribution in [1.82, 2.24) is 0 Å². The van der Waals surface area contributed by atoms with E-state index in [9.17, 15) is 0 Å². The quantitative estimate of drug-likeness (QED) is 0.351. The number of halogens is 1. The molecule has 0 atom stereocenters. The molecular weight excluding hydrogens is 1020 g/mol. The van der Waals surface area contributed by atoms with Crippen molar-refractivity contribution in [2.24, 2.45) is 0 Å². The zero-order valence-electron chi connectivity index (χ0n) is 27.1. The van der Waals surface area contributed by atoms with Crippen LogP contribution in [0.4, 0.5) is 0 Å². The Labute approximate surface area is 364 Å². The second-order valence-corrected chi connectivity index (χ2v) is 32.4. The van der Waals surface area contributed by atoms with Crippen LogP contribution in [0.5, 0.6) is 0 Å². The molecule has 0 saturated carbocycles. The van der Waals surface area contributed by atoms with Gasteiger partial charge in [0.15, 0.2) is 0 Å². The summed E-state index contributed by atoms with van der Waals surface area (Å²) < 4.78 is 16.5. The number of hydrogen-bond acceptors (Lipinski definition) is 9. The Morgan fingerprint density at radius 3 is 1.29 bits per heavy atom. The summed E-state index contributed by atoms with van der Waals surface area (Å²) in [5.41, 5.74) is 2.45. The van der Waals surface area contributed by atoms with Crippen LogP contribution in [0.25, 0.3) is 0 Å². The molecule has 1 aliphatic heterocycles. The van der Waals surface area contributed by atoms with Crippen molar-refractivity contribution in [3.8, 4) is 60.2 Å². The van der Waals surface area contributed by atoms with E-state index in [1.165, 1.54) is 33.8 Å². The summed E-state index contributed by atoms with van der Waals surface area (Å²) in [6, 6.07) is 4.14. The minimum atomic E-state index is -0.135. The number of hydrogen-bond donors (Lipinski definition) is 2. The van der Waals surface area contributed by atoms with E-state index < -0.39 is 0 Å². The molecule has 0 aromatic carbocycles. The third kappa shape index (κ3) is 40.2. The average molecular weight is 1050 g/mol. The maximum atomic E-state index is 8.53. The van der Waals surface area contributed by atoms with Crippen molar-refractivity contribution < 1.29 is 23.9 Å². The van der Waals surface area contributed by atoms with Gasteiger partial charge in [-0.3, -0.25) is 0 Å². The Kier molecular flexibility index (Phi) is 44.3.